The van der Waals surface area contributed by atoms with Crippen molar-refractivity contribution in [3.8, 4) is 0 Å². The highest BCUT2D eigenvalue weighted by Gasteiger charge is 2.27. The largest absolute Gasteiger partial charge is 0.364 e. The summed E-state index contributed by atoms with van der Waals surface area (Å²) in [6.45, 7) is 1.67. The van der Waals surface area contributed by atoms with E-state index in [0.29, 0.717) is 12.6 Å². The van der Waals surface area contributed by atoms with Crippen molar-refractivity contribution in [2.45, 2.75) is 25.4 Å². The molecular formula is C16H18BrN3. The van der Waals surface area contributed by atoms with Crippen LogP contribution in [0.1, 0.15) is 30.0 Å². The van der Waals surface area contributed by atoms with E-state index in [0.717, 1.165) is 16.6 Å². The van der Waals surface area contributed by atoms with Crippen LogP contribution in [0, 0.1) is 0 Å². The molecule has 1 fully saturated rings. The van der Waals surface area contributed by atoms with Crippen LogP contribution in [0.15, 0.2) is 47.2 Å². The van der Waals surface area contributed by atoms with Gasteiger partial charge in [-0.25, -0.2) is 0 Å². The SMILES string of the molecule is NCc1ccc(N2CCCC2c2ccncc2)c(Br)c1. The molecule has 1 aromatic heterocycles. The van der Waals surface area contributed by atoms with Gasteiger partial charge >= 0.3 is 0 Å². The average molecular weight is 332 g/mol. The molecule has 3 rings (SSSR count). The van der Waals surface area contributed by atoms with Crippen molar-refractivity contribution in [3.05, 3.63) is 58.3 Å². The molecule has 0 bridgehead atoms. The Balaban J connectivity index is 1.93. The zero-order valence-electron chi connectivity index (χ0n) is 11.3. The number of hydrogen-bond donors (Lipinski definition) is 1. The maximum atomic E-state index is 5.70. The Labute approximate surface area is 127 Å². The van der Waals surface area contributed by atoms with E-state index in [1.54, 1.807) is 0 Å². The number of hydrogen-bond acceptors (Lipinski definition) is 3. The van der Waals surface area contributed by atoms with Gasteiger partial charge in [0.1, 0.15) is 0 Å². The summed E-state index contributed by atoms with van der Waals surface area (Å²) < 4.78 is 1.13. The minimum absolute atomic E-state index is 0.443. The molecule has 104 valence electrons. The lowest BCUT2D eigenvalue weighted by molar-refractivity contribution is 0.716. The van der Waals surface area contributed by atoms with Crippen LogP contribution in [-0.2, 0) is 6.54 Å². The summed E-state index contributed by atoms with van der Waals surface area (Å²) in [6.07, 6.45) is 6.16. The average Bonchev–Trinajstić information content (AvgIpc) is 2.97. The quantitative estimate of drug-likeness (QED) is 0.933. The first-order valence-corrected chi connectivity index (χ1v) is 7.74. The van der Waals surface area contributed by atoms with Gasteiger partial charge in [0.15, 0.2) is 0 Å². The Morgan fingerprint density at radius 3 is 2.75 bits per heavy atom. The molecule has 0 radical (unpaired) electrons. The predicted molar refractivity (Wildman–Crippen MR) is 85.6 cm³/mol. The summed E-state index contributed by atoms with van der Waals surface area (Å²) in [5.74, 6) is 0. The minimum Gasteiger partial charge on any atom is -0.364 e. The van der Waals surface area contributed by atoms with Crippen LogP contribution >= 0.6 is 15.9 Å². The molecule has 1 aromatic carbocycles. The van der Waals surface area contributed by atoms with Crippen molar-refractivity contribution >= 4 is 21.6 Å². The van der Waals surface area contributed by atoms with Crippen molar-refractivity contribution in [1.29, 1.82) is 0 Å². The number of pyridine rings is 1. The summed E-state index contributed by atoms with van der Waals surface area (Å²) in [5, 5.41) is 0. The highest BCUT2D eigenvalue weighted by molar-refractivity contribution is 9.10. The van der Waals surface area contributed by atoms with E-state index in [9.17, 15) is 0 Å². The van der Waals surface area contributed by atoms with Gasteiger partial charge in [-0.15, -0.1) is 0 Å². The summed E-state index contributed by atoms with van der Waals surface area (Å²) in [4.78, 5) is 6.59. The van der Waals surface area contributed by atoms with Gasteiger partial charge in [-0.05, 0) is 64.2 Å². The number of benzene rings is 1. The first-order valence-electron chi connectivity index (χ1n) is 6.94. The predicted octanol–water partition coefficient (Wildman–Crippen LogP) is 3.64. The van der Waals surface area contributed by atoms with Gasteiger partial charge in [0.25, 0.3) is 0 Å². The fraction of sp³-hybridized carbons (Fsp3) is 0.312. The fourth-order valence-corrected chi connectivity index (χ4v) is 3.55. The first-order chi connectivity index (χ1) is 9.79. The van der Waals surface area contributed by atoms with Gasteiger partial charge in [-0.1, -0.05) is 6.07 Å². The fourth-order valence-electron chi connectivity index (χ4n) is 2.90. The molecule has 4 heteroatoms. The molecule has 2 heterocycles. The molecule has 2 aromatic rings. The molecule has 0 aliphatic carbocycles. The molecule has 1 aliphatic heterocycles. The molecule has 0 amide bonds. The third-order valence-corrected chi connectivity index (χ3v) is 4.54. The lowest BCUT2D eigenvalue weighted by atomic mass is 10.1. The van der Waals surface area contributed by atoms with Crippen LogP contribution in [0.2, 0.25) is 0 Å². The Bertz CT molecular complexity index is 586. The molecule has 0 saturated carbocycles. The van der Waals surface area contributed by atoms with E-state index >= 15 is 0 Å². The Morgan fingerprint density at radius 2 is 2.05 bits per heavy atom. The number of halogens is 1. The monoisotopic (exact) mass is 331 g/mol. The standard InChI is InChI=1S/C16H18BrN3/c17-14-10-12(11-18)3-4-16(14)20-9-1-2-15(20)13-5-7-19-8-6-13/h3-8,10,15H,1-2,9,11,18H2. The van der Waals surface area contributed by atoms with Crippen molar-refractivity contribution in [1.82, 2.24) is 4.98 Å². The van der Waals surface area contributed by atoms with Crippen LogP contribution in [0.5, 0.6) is 0 Å². The van der Waals surface area contributed by atoms with E-state index in [1.165, 1.54) is 24.1 Å². The van der Waals surface area contributed by atoms with Crippen LogP contribution in [0.25, 0.3) is 0 Å². The van der Waals surface area contributed by atoms with E-state index in [-0.39, 0.29) is 0 Å². The van der Waals surface area contributed by atoms with Crippen molar-refractivity contribution in [3.63, 3.8) is 0 Å². The van der Waals surface area contributed by atoms with Gasteiger partial charge < -0.3 is 10.6 Å². The van der Waals surface area contributed by atoms with Crippen molar-refractivity contribution in [2.24, 2.45) is 5.73 Å². The molecule has 1 aliphatic rings. The second-order valence-electron chi connectivity index (χ2n) is 5.12. The molecule has 1 atom stereocenters. The number of nitrogens with zero attached hydrogens (tertiary/aromatic N) is 2. The Hall–Kier alpha value is -1.39. The van der Waals surface area contributed by atoms with Gasteiger partial charge in [0.05, 0.1) is 11.7 Å². The molecule has 1 unspecified atom stereocenters. The molecular weight excluding hydrogens is 314 g/mol. The Morgan fingerprint density at radius 1 is 1.25 bits per heavy atom. The molecule has 3 nitrogen and oxygen atoms in total. The third-order valence-electron chi connectivity index (χ3n) is 3.90. The lowest BCUT2D eigenvalue weighted by Gasteiger charge is -2.28. The van der Waals surface area contributed by atoms with Crippen LogP contribution in [-0.4, -0.2) is 11.5 Å². The van der Waals surface area contributed by atoms with Crippen molar-refractivity contribution in [2.75, 3.05) is 11.4 Å². The number of rotatable bonds is 3. The van der Waals surface area contributed by atoms with Crippen molar-refractivity contribution < 1.29 is 0 Å². The molecule has 2 N–H and O–H groups in total. The summed E-state index contributed by atoms with van der Waals surface area (Å²) >= 11 is 3.69. The molecule has 0 spiro atoms. The highest BCUT2D eigenvalue weighted by atomic mass is 79.9. The van der Waals surface area contributed by atoms with Gasteiger partial charge in [0.2, 0.25) is 0 Å². The topological polar surface area (TPSA) is 42.1 Å². The number of nitrogens with two attached hydrogens (primary N) is 1. The zero-order valence-corrected chi connectivity index (χ0v) is 12.9. The smallest absolute Gasteiger partial charge is 0.0544 e. The summed E-state index contributed by atoms with van der Waals surface area (Å²) in [5.41, 5.74) is 9.44. The van der Waals surface area contributed by atoms with Crippen LogP contribution < -0.4 is 10.6 Å². The molecule has 1 saturated heterocycles. The summed E-state index contributed by atoms with van der Waals surface area (Å²) in [6, 6.07) is 11.1. The summed E-state index contributed by atoms with van der Waals surface area (Å²) in [7, 11) is 0. The zero-order chi connectivity index (χ0) is 13.9. The van der Waals surface area contributed by atoms with E-state index in [2.05, 4.69) is 56.1 Å². The molecule has 20 heavy (non-hydrogen) atoms. The van der Waals surface area contributed by atoms with E-state index < -0.39 is 0 Å². The second kappa shape index (κ2) is 5.94. The minimum atomic E-state index is 0.443. The van der Waals surface area contributed by atoms with E-state index in [1.807, 2.05) is 12.4 Å². The maximum absolute atomic E-state index is 5.70. The highest BCUT2D eigenvalue weighted by Crippen LogP contribution is 2.39. The first kappa shape index (κ1) is 13.6. The van der Waals surface area contributed by atoms with Gasteiger partial charge in [-0.3, -0.25) is 4.98 Å². The van der Waals surface area contributed by atoms with Gasteiger partial charge in [0, 0.05) is 30.0 Å². The normalized spacial score (nSPS) is 18.5. The maximum Gasteiger partial charge on any atom is 0.0544 e. The van der Waals surface area contributed by atoms with Gasteiger partial charge in [-0.2, -0.15) is 0 Å². The lowest BCUT2D eigenvalue weighted by Crippen LogP contribution is -2.23. The number of aromatic nitrogens is 1. The number of anilines is 1. The van der Waals surface area contributed by atoms with Crippen LogP contribution in [0.3, 0.4) is 0 Å². The van der Waals surface area contributed by atoms with Crippen LogP contribution in [0.4, 0.5) is 5.69 Å². The third kappa shape index (κ3) is 2.58. The second-order valence-corrected chi connectivity index (χ2v) is 5.98. The Kier molecular flexibility index (Phi) is 4.03. The van der Waals surface area contributed by atoms with E-state index in [4.69, 9.17) is 5.73 Å².